The summed E-state index contributed by atoms with van der Waals surface area (Å²) in [4.78, 5) is 30.2. The summed E-state index contributed by atoms with van der Waals surface area (Å²) < 4.78 is 27.3. The van der Waals surface area contributed by atoms with Crippen molar-refractivity contribution in [2.24, 2.45) is 5.92 Å². The highest BCUT2D eigenvalue weighted by Gasteiger charge is 2.31. The lowest BCUT2D eigenvalue weighted by atomic mass is 10.2. The van der Waals surface area contributed by atoms with Crippen LogP contribution in [0.1, 0.15) is 19.5 Å². The van der Waals surface area contributed by atoms with Gasteiger partial charge in [0.1, 0.15) is 4.21 Å². The van der Waals surface area contributed by atoms with Crippen LogP contribution in [0.3, 0.4) is 0 Å². The van der Waals surface area contributed by atoms with Crippen molar-refractivity contribution < 1.29 is 18.0 Å². The van der Waals surface area contributed by atoms with Crippen molar-refractivity contribution in [3.05, 3.63) is 27.5 Å². The molecule has 12 heteroatoms. The number of halogens is 1. The molecule has 3 heterocycles. The Bertz CT molecular complexity index is 994. The summed E-state index contributed by atoms with van der Waals surface area (Å²) in [5, 5.41) is 4.93. The largest absolute Gasteiger partial charge is 0.340 e. The van der Waals surface area contributed by atoms with Crippen LogP contribution in [-0.4, -0.2) is 60.6 Å². The standard InChI is InChI=1S/C17H21ClN4O4S3/c1-11(2)16(24)20-17-19-12(10-27-17)9-14(23)21-5-7-22(8-6-21)29(25,26)15-4-3-13(18)28-15/h3-4,10-11H,5-9H2,1-2H3,(H,19,20,24). The first-order chi connectivity index (χ1) is 13.7. The van der Waals surface area contributed by atoms with E-state index in [1.165, 1.54) is 21.7 Å². The number of aromatic nitrogens is 1. The van der Waals surface area contributed by atoms with Crippen molar-refractivity contribution in [1.82, 2.24) is 14.2 Å². The summed E-state index contributed by atoms with van der Waals surface area (Å²) >= 11 is 8.15. The number of sulfonamides is 1. The SMILES string of the molecule is CC(C)C(=O)Nc1nc(CC(=O)N2CCN(S(=O)(=O)c3ccc(Cl)s3)CC2)cs1. The molecule has 0 aliphatic carbocycles. The van der Waals surface area contributed by atoms with Crippen LogP contribution in [0, 0.1) is 5.92 Å². The van der Waals surface area contributed by atoms with Gasteiger partial charge in [-0.2, -0.15) is 4.31 Å². The van der Waals surface area contributed by atoms with Gasteiger partial charge in [0, 0.05) is 37.5 Å². The van der Waals surface area contributed by atoms with E-state index >= 15 is 0 Å². The zero-order valence-corrected chi connectivity index (χ0v) is 19.1. The Labute approximate surface area is 182 Å². The van der Waals surface area contributed by atoms with Crippen molar-refractivity contribution >= 4 is 61.2 Å². The van der Waals surface area contributed by atoms with Crippen molar-refractivity contribution in [1.29, 1.82) is 0 Å². The molecule has 1 saturated heterocycles. The molecule has 1 N–H and O–H groups in total. The lowest BCUT2D eigenvalue weighted by Gasteiger charge is -2.33. The summed E-state index contributed by atoms with van der Waals surface area (Å²) in [6.45, 7) is 4.68. The lowest BCUT2D eigenvalue weighted by Crippen LogP contribution is -2.50. The number of carbonyl (C=O) groups is 2. The third-order valence-electron chi connectivity index (χ3n) is 4.37. The molecule has 0 aromatic carbocycles. The van der Waals surface area contributed by atoms with Crippen LogP contribution in [0.15, 0.2) is 21.7 Å². The Kier molecular flexibility index (Phi) is 6.94. The van der Waals surface area contributed by atoms with E-state index in [0.717, 1.165) is 11.3 Å². The van der Waals surface area contributed by atoms with Crippen LogP contribution in [0.5, 0.6) is 0 Å². The molecule has 0 unspecified atom stereocenters. The van der Waals surface area contributed by atoms with Crippen LogP contribution in [0.2, 0.25) is 4.34 Å². The number of carbonyl (C=O) groups excluding carboxylic acids is 2. The number of anilines is 1. The van der Waals surface area contributed by atoms with E-state index in [1.54, 1.807) is 30.2 Å². The summed E-state index contributed by atoms with van der Waals surface area (Å²) in [6.07, 6.45) is 0.112. The molecule has 0 spiro atoms. The number of thiophene rings is 1. The minimum atomic E-state index is -3.59. The fraction of sp³-hybridized carbons (Fsp3) is 0.471. The molecule has 1 aliphatic rings. The molecule has 0 bridgehead atoms. The Balaban J connectivity index is 1.54. The summed E-state index contributed by atoms with van der Waals surface area (Å²) in [5.74, 6) is -0.392. The van der Waals surface area contributed by atoms with Gasteiger partial charge in [-0.3, -0.25) is 9.59 Å². The second-order valence-electron chi connectivity index (χ2n) is 6.81. The first kappa shape index (κ1) is 22.2. The van der Waals surface area contributed by atoms with Gasteiger partial charge >= 0.3 is 0 Å². The zero-order valence-electron chi connectivity index (χ0n) is 15.9. The molecule has 3 rings (SSSR count). The molecular formula is C17H21ClN4O4S3. The van der Waals surface area contributed by atoms with E-state index in [9.17, 15) is 18.0 Å². The van der Waals surface area contributed by atoms with Gasteiger partial charge in [-0.25, -0.2) is 13.4 Å². The molecule has 2 amide bonds. The molecule has 2 aromatic rings. The Hall–Kier alpha value is -1.53. The Morgan fingerprint density at radius 3 is 2.52 bits per heavy atom. The average Bonchev–Trinajstić information content (AvgIpc) is 3.31. The normalized spacial score (nSPS) is 15.7. The van der Waals surface area contributed by atoms with Gasteiger partial charge in [-0.05, 0) is 12.1 Å². The number of amides is 2. The monoisotopic (exact) mass is 476 g/mol. The van der Waals surface area contributed by atoms with Gasteiger partial charge in [-0.15, -0.1) is 22.7 Å². The average molecular weight is 477 g/mol. The number of thiazole rings is 1. The quantitative estimate of drug-likeness (QED) is 0.690. The second kappa shape index (κ2) is 9.09. The highest BCUT2D eigenvalue weighted by molar-refractivity contribution is 7.91. The van der Waals surface area contributed by atoms with Crippen LogP contribution in [0.4, 0.5) is 5.13 Å². The van der Waals surface area contributed by atoms with Crippen LogP contribution < -0.4 is 5.32 Å². The number of nitrogens with one attached hydrogen (secondary N) is 1. The number of hydrogen-bond donors (Lipinski definition) is 1. The molecule has 2 aromatic heterocycles. The number of nitrogens with zero attached hydrogens (tertiary/aromatic N) is 3. The molecule has 0 radical (unpaired) electrons. The van der Waals surface area contributed by atoms with Crippen molar-refractivity contribution in [3.63, 3.8) is 0 Å². The van der Waals surface area contributed by atoms with Gasteiger partial charge in [-0.1, -0.05) is 25.4 Å². The van der Waals surface area contributed by atoms with Gasteiger partial charge in [0.25, 0.3) is 10.0 Å². The predicted octanol–water partition coefficient (Wildman–Crippen LogP) is 2.53. The summed E-state index contributed by atoms with van der Waals surface area (Å²) in [5.41, 5.74) is 0.585. The van der Waals surface area contributed by atoms with Crippen LogP contribution in [-0.2, 0) is 26.0 Å². The molecule has 1 aliphatic heterocycles. The van der Waals surface area contributed by atoms with E-state index in [2.05, 4.69) is 10.3 Å². The first-order valence-corrected chi connectivity index (χ1v) is 12.5. The number of hydrogen-bond acceptors (Lipinski definition) is 7. The summed E-state index contributed by atoms with van der Waals surface area (Å²) in [6, 6.07) is 3.06. The molecule has 158 valence electrons. The van der Waals surface area contributed by atoms with E-state index in [-0.39, 0.29) is 41.5 Å². The highest BCUT2D eigenvalue weighted by atomic mass is 35.5. The lowest BCUT2D eigenvalue weighted by molar-refractivity contribution is -0.131. The minimum absolute atomic E-state index is 0.112. The summed E-state index contributed by atoms with van der Waals surface area (Å²) in [7, 11) is -3.59. The third kappa shape index (κ3) is 5.34. The molecule has 0 atom stereocenters. The highest BCUT2D eigenvalue weighted by Crippen LogP contribution is 2.28. The molecule has 1 fully saturated rings. The molecule has 8 nitrogen and oxygen atoms in total. The smallest absolute Gasteiger partial charge is 0.252 e. The van der Waals surface area contributed by atoms with Crippen molar-refractivity contribution in [2.45, 2.75) is 24.5 Å². The van der Waals surface area contributed by atoms with Crippen molar-refractivity contribution in [2.75, 3.05) is 31.5 Å². The Morgan fingerprint density at radius 1 is 1.24 bits per heavy atom. The fourth-order valence-corrected chi connectivity index (χ4v) is 6.48. The fourth-order valence-electron chi connectivity index (χ4n) is 2.70. The van der Waals surface area contributed by atoms with E-state index < -0.39 is 10.0 Å². The zero-order chi connectivity index (χ0) is 21.2. The van der Waals surface area contributed by atoms with E-state index in [4.69, 9.17) is 11.6 Å². The van der Waals surface area contributed by atoms with E-state index in [1.807, 2.05) is 0 Å². The molecule has 0 saturated carbocycles. The van der Waals surface area contributed by atoms with Gasteiger partial charge in [0.2, 0.25) is 11.8 Å². The van der Waals surface area contributed by atoms with E-state index in [0.29, 0.717) is 28.3 Å². The third-order valence-corrected chi connectivity index (χ3v) is 8.78. The maximum absolute atomic E-state index is 12.6. The molecular weight excluding hydrogens is 456 g/mol. The maximum Gasteiger partial charge on any atom is 0.252 e. The number of piperazine rings is 1. The maximum atomic E-state index is 12.6. The minimum Gasteiger partial charge on any atom is -0.340 e. The first-order valence-electron chi connectivity index (χ1n) is 8.95. The Morgan fingerprint density at radius 2 is 1.93 bits per heavy atom. The topological polar surface area (TPSA) is 99.7 Å². The van der Waals surface area contributed by atoms with Crippen molar-refractivity contribution in [3.8, 4) is 0 Å². The predicted molar refractivity (Wildman–Crippen MR) is 114 cm³/mol. The van der Waals surface area contributed by atoms with Crippen LogP contribution in [0.25, 0.3) is 0 Å². The second-order valence-corrected chi connectivity index (χ2v) is 11.5. The van der Waals surface area contributed by atoms with Gasteiger partial charge < -0.3 is 10.2 Å². The van der Waals surface area contributed by atoms with Gasteiger partial charge in [0.05, 0.1) is 16.5 Å². The number of rotatable bonds is 6. The van der Waals surface area contributed by atoms with Crippen LogP contribution >= 0.6 is 34.3 Å². The molecule has 29 heavy (non-hydrogen) atoms. The van der Waals surface area contributed by atoms with Gasteiger partial charge in [0.15, 0.2) is 5.13 Å².